The maximum atomic E-state index is 4.66. The van der Waals surface area contributed by atoms with Crippen LogP contribution in [0.15, 0.2) is 29.4 Å². The Morgan fingerprint density at radius 3 is 2.85 bits per heavy atom. The zero-order valence-corrected chi connectivity index (χ0v) is 17.8. The van der Waals surface area contributed by atoms with Crippen LogP contribution in [0.5, 0.6) is 0 Å². The highest BCUT2D eigenvalue weighted by atomic mass is 127. The van der Waals surface area contributed by atoms with E-state index >= 15 is 0 Å². The zero-order chi connectivity index (χ0) is 17.6. The number of halogens is 1. The Balaban J connectivity index is 0.00000243. The molecule has 9 heteroatoms. The number of anilines is 1. The monoisotopic (exact) mass is 470 g/mol. The second kappa shape index (κ2) is 9.70. The molecule has 0 aliphatic carbocycles. The molecular weight excluding hydrogens is 443 g/mol. The molecule has 1 aliphatic heterocycles. The fourth-order valence-electron chi connectivity index (χ4n) is 2.88. The fraction of sp³-hybridized carbons (Fsp3) is 0.529. The molecule has 3 heterocycles. The number of aliphatic imine (C=N–C) groups is 1. The quantitative estimate of drug-likeness (QED) is 0.392. The number of aromatic nitrogens is 4. The number of hydrogen-bond donors (Lipinski definition) is 2. The lowest BCUT2D eigenvalue weighted by Gasteiger charge is -2.19. The number of rotatable bonds is 5. The van der Waals surface area contributed by atoms with Gasteiger partial charge in [-0.1, -0.05) is 6.07 Å². The molecule has 8 nitrogen and oxygen atoms in total. The van der Waals surface area contributed by atoms with Crippen LogP contribution in [0.25, 0.3) is 0 Å². The summed E-state index contributed by atoms with van der Waals surface area (Å²) in [6, 6.07) is 6.37. The summed E-state index contributed by atoms with van der Waals surface area (Å²) in [7, 11) is 1.96. The molecule has 142 valence electrons. The van der Waals surface area contributed by atoms with E-state index in [1.54, 1.807) is 0 Å². The van der Waals surface area contributed by atoms with Crippen LogP contribution in [0, 0.1) is 6.92 Å². The molecule has 2 N–H and O–H groups in total. The summed E-state index contributed by atoms with van der Waals surface area (Å²) in [4.78, 5) is 11.4. The maximum absolute atomic E-state index is 4.66. The van der Waals surface area contributed by atoms with Crippen molar-refractivity contribution in [2.24, 2.45) is 12.0 Å². The molecule has 0 amide bonds. The summed E-state index contributed by atoms with van der Waals surface area (Å²) in [6.07, 6.45) is 2.90. The lowest BCUT2D eigenvalue weighted by molar-refractivity contribution is 0.646. The van der Waals surface area contributed by atoms with Gasteiger partial charge in [0.25, 0.3) is 0 Å². The third kappa shape index (κ3) is 5.05. The van der Waals surface area contributed by atoms with Crippen molar-refractivity contribution in [1.82, 2.24) is 30.4 Å². The fourth-order valence-corrected chi connectivity index (χ4v) is 2.88. The minimum Gasteiger partial charge on any atom is -0.357 e. The van der Waals surface area contributed by atoms with Gasteiger partial charge in [0.2, 0.25) is 0 Å². The van der Waals surface area contributed by atoms with E-state index in [0.717, 1.165) is 49.5 Å². The van der Waals surface area contributed by atoms with Gasteiger partial charge in [0.05, 0.1) is 0 Å². The van der Waals surface area contributed by atoms with Gasteiger partial charge in [-0.15, -0.1) is 34.2 Å². The number of nitrogens with one attached hydrogen (secondary N) is 2. The first-order valence-corrected chi connectivity index (χ1v) is 8.73. The average molecular weight is 470 g/mol. The maximum Gasteiger partial charge on any atom is 0.191 e. The number of pyridine rings is 1. The van der Waals surface area contributed by atoms with Crippen LogP contribution in [0.3, 0.4) is 0 Å². The summed E-state index contributed by atoms with van der Waals surface area (Å²) in [6.45, 7) is 7.25. The number of nitrogens with zero attached hydrogens (tertiary/aromatic N) is 6. The van der Waals surface area contributed by atoms with E-state index in [2.05, 4.69) is 48.7 Å². The highest BCUT2D eigenvalue weighted by Gasteiger charge is 2.24. The lowest BCUT2D eigenvalue weighted by atomic mass is 10.3. The van der Waals surface area contributed by atoms with Crippen molar-refractivity contribution in [1.29, 1.82) is 0 Å². The van der Waals surface area contributed by atoms with E-state index in [1.165, 1.54) is 0 Å². The predicted octanol–water partition coefficient (Wildman–Crippen LogP) is 1.47. The Labute approximate surface area is 171 Å². The molecule has 1 atom stereocenters. The van der Waals surface area contributed by atoms with Gasteiger partial charge < -0.3 is 20.1 Å². The lowest BCUT2D eigenvalue weighted by Crippen LogP contribution is -2.44. The summed E-state index contributed by atoms with van der Waals surface area (Å²) >= 11 is 0. The molecule has 0 saturated carbocycles. The standard InChI is InChI=1S/C17H26N8.HI/c1-4-18-17(20-11-16-23-22-13(2)24(16)3)21-14-8-10-25(12-14)15-7-5-6-9-19-15;/h5-7,9,14H,4,8,10-12H2,1-3H3,(H2,18,20,21);1H. The van der Waals surface area contributed by atoms with Gasteiger partial charge in [0.15, 0.2) is 11.8 Å². The van der Waals surface area contributed by atoms with Crippen molar-refractivity contribution in [3.8, 4) is 0 Å². The van der Waals surface area contributed by atoms with E-state index < -0.39 is 0 Å². The van der Waals surface area contributed by atoms with Gasteiger partial charge in [-0.2, -0.15) is 0 Å². The highest BCUT2D eigenvalue weighted by Crippen LogP contribution is 2.17. The van der Waals surface area contributed by atoms with Gasteiger partial charge in [0.1, 0.15) is 18.2 Å². The van der Waals surface area contributed by atoms with Crippen LogP contribution in [-0.4, -0.2) is 51.4 Å². The van der Waals surface area contributed by atoms with Crippen LogP contribution >= 0.6 is 24.0 Å². The number of guanidine groups is 1. The van der Waals surface area contributed by atoms with Crippen molar-refractivity contribution in [2.75, 3.05) is 24.5 Å². The van der Waals surface area contributed by atoms with Crippen molar-refractivity contribution >= 4 is 35.8 Å². The second-order valence-corrected chi connectivity index (χ2v) is 6.18. The molecular formula is C17H27IN8. The van der Waals surface area contributed by atoms with Gasteiger partial charge >= 0.3 is 0 Å². The van der Waals surface area contributed by atoms with Crippen molar-refractivity contribution < 1.29 is 0 Å². The van der Waals surface area contributed by atoms with Crippen molar-refractivity contribution in [3.05, 3.63) is 36.0 Å². The van der Waals surface area contributed by atoms with Gasteiger partial charge in [-0.25, -0.2) is 9.98 Å². The topological polar surface area (TPSA) is 83.3 Å². The first kappa shape index (κ1) is 20.4. The molecule has 26 heavy (non-hydrogen) atoms. The molecule has 1 saturated heterocycles. The minimum absolute atomic E-state index is 0. The Kier molecular flexibility index (Phi) is 7.61. The third-order valence-electron chi connectivity index (χ3n) is 4.41. The first-order valence-electron chi connectivity index (χ1n) is 8.73. The molecule has 3 rings (SSSR count). The number of aryl methyl sites for hydroxylation is 1. The summed E-state index contributed by atoms with van der Waals surface area (Å²) in [5.41, 5.74) is 0. The van der Waals surface area contributed by atoms with Crippen LogP contribution in [0.1, 0.15) is 25.0 Å². The van der Waals surface area contributed by atoms with Crippen molar-refractivity contribution in [2.45, 2.75) is 32.9 Å². The Bertz CT molecular complexity index is 715. The largest absolute Gasteiger partial charge is 0.357 e. The third-order valence-corrected chi connectivity index (χ3v) is 4.41. The molecule has 1 fully saturated rings. The highest BCUT2D eigenvalue weighted by molar-refractivity contribution is 14.0. The van der Waals surface area contributed by atoms with E-state index in [9.17, 15) is 0 Å². The van der Waals surface area contributed by atoms with E-state index in [-0.39, 0.29) is 24.0 Å². The molecule has 0 bridgehead atoms. The Morgan fingerprint density at radius 1 is 1.35 bits per heavy atom. The molecule has 0 radical (unpaired) electrons. The summed E-state index contributed by atoms with van der Waals surface area (Å²) in [5.74, 6) is 3.60. The van der Waals surface area contributed by atoms with Gasteiger partial charge in [-0.05, 0) is 32.4 Å². The normalized spacial score (nSPS) is 17.1. The summed E-state index contributed by atoms with van der Waals surface area (Å²) < 4.78 is 1.96. The van der Waals surface area contributed by atoms with Crippen LogP contribution in [0.4, 0.5) is 5.82 Å². The molecule has 0 aromatic carbocycles. The molecule has 2 aromatic heterocycles. The van der Waals surface area contributed by atoms with E-state index in [4.69, 9.17) is 0 Å². The van der Waals surface area contributed by atoms with Crippen LogP contribution in [-0.2, 0) is 13.6 Å². The van der Waals surface area contributed by atoms with Gasteiger partial charge in [0, 0.05) is 38.9 Å². The number of hydrogen-bond acceptors (Lipinski definition) is 5. The van der Waals surface area contributed by atoms with E-state index in [1.807, 2.05) is 36.9 Å². The van der Waals surface area contributed by atoms with Crippen LogP contribution < -0.4 is 15.5 Å². The SMILES string of the molecule is CCNC(=NCc1nnc(C)n1C)NC1CCN(c2ccccn2)C1.I. The minimum atomic E-state index is 0. The molecule has 0 spiro atoms. The average Bonchev–Trinajstić information content (AvgIpc) is 3.22. The second-order valence-electron chi connectivity index (χ2n) is 6.18. The Hall–Kier alpha value is -1.91. The predicted molar refractivity (Wildman–Crippen MR) is 114 cm³/mol. The molecule has 1 unspecified atom stereocenters. The van der Waals surface area contributed by atoms with Gasteiger partial charge in [-0.3, -0.25) is 0 Å². The molecule has 1 aliphatic rings. The van der Waals surface area contributed by atoms with Crippen LogP contribution in [0.2, 0.25) is 0 Å². The smallest absolute Gasteiger partial charge is 0.191 e. The van der Waals surface area contributed by atoms with E-state index in [0.29, 0.717) is 12.6 Å². The molecule has 2 aromatic rings. The first-order chi connectivity index (χ1) is 12.2. The zero-order valence-electron chi connectivity index (χ0n) is 15.5. The Morgan fingerprint density at radius 2 is 2.19 bits per heavy atom. The summed E-state index contributed by atoms with van der Waals surface area (Å²) in [5, 5.41) is 15.1. The van der Waals surface area contributed by atoms with Crippen molar-refractivity contribution in [3.63, 3.8) is 0 Å².